The van der Waals surface area contributed by atoms with E-state index in [4.69, 9.17) is 5.11 Å². The lowest BCUT2D eigenvalue weighted by atomic mass is 10.2. The van der Waals surface area contributed by atoms with Crippen LogP contribution in [0.4, 0.5) is 0 Å². The van der Waals surface area contributed by atoms with E-state index in [2.05, 4.69) is 4.99 Å². The maximum Gasteiger partial charge on any atom is 0.327 e. The van der Waals surface area contributed by atoms with Gasteiger partial charge in [0.1, 0.15) is 12.1 Å². The zero-order valence-corrected chi connectivity index (χ0v) is 12.8. The molecular formula is C14H14N2O3S2. The van der Waals surface area contributed by atoms with Crippen molar-refractivity contribution in [2.75, 3.05) is 17.4 Å². The number of aliphatic carboxylic acids is 1. The number of aliphatic imine (C=N–C) groups is 1. The average Bonchev–Trinajstić information content (AvgIpc) is 3.17. The molecule has 0 bridgehead atoms. The molecule has 0 aromatic heterocycles. The van der Waals surface area contributed by atoms with Crippen LogP contribution >= 0.6 is 23.5 Å². The van der Waals surface area contributed by atoms with Crippen LogP contribution in [-0.4, -0.2) is 56.4 Å². The van der Waals surface area contributed by atoms with Gasteiger partial charge in [0.2, 0.25) is 5.91 Å². The van der Waals surface area contributed by atoms with E-state index in [1.807, 2.05) is 30.3 Å². The van der Waals surface area contributed by atoms with E-state index < -0.39 is 18.1 Å². The molecular weight excluding hydrogens is 308 g/mol. The summed E-state index contributed by atoms with van der Waals surface area (Å²) in [6.45, 7) is 0. The van der Waals surface area contributed by atoms with Crippen LogP contribution < -0.4 is 0 Å². The molecule has 0 spiro atoms. The standard InChI is InChI=1S/C14H14N2O3S2/c17-13(16-8-20-7-11(16)14(18)19)10-6-21-12(15-10)9-4-2-1-3-5-9/h1-5,10-11H,6-8H2,(H,18,19). The van der Waals surface area contributed by atoms with Crippen LogP contribution in [-0.2, 0) is 9.59 Å². The number of amides is 1. The van der Waals surface area contributed by atoms with Gasteiger partial charge in [-0.15, -0.1) is 23.5 Å². The zero-order valence-electron chi connectivity index (χ0n) is 11.1. The third-order valence-corrected chi connectivity index (χ3v) is 5.52. The summed E-state index contributed by atoms with van der Waals surface area (Å²) in [6.07, 6.45) is 0. The topological polar surface area (TPSA) is 70.0 Å². The van der Waals surface area contributed by atoms with Crippen LogP contribution in [0.3, 0.4) is 0 Å². The van der Waals surface area contributed by atoms with Crippen molar-refractivity contribution in [1.29, 1.82) is 0 Å². The Labute approximate surface area is 130 Å². The van der Waals surface area contributed by atoms with Crippen molar-refractivity contribution in [3.05, 3.63) is 35.9 Å². The number of carboxylic acids is 1. The number of hydrogen-bond donors (Lipinski definition) is 1. The highest BCUT2D eigenvalue weighted by Crippen LogP contribution is 2.28. The van der Waals surface area contributed by atoms with Crippen molar-refractivity contribution in [2.45, 2.75) is 12.1 Å². The highest BCUT2D eigenvalue weighted by Gasteiger charge is 2.39. The molecule has 0 saturated carbocycles. The molecule has 2 aliphatic heterocycles. The maximum absolute atomic E-state index is 12.5. The first-order chi connectivity index (χ1) is 10.2. The van der Waals surface area contributed by atoms with E-state index in [-0.39, 0.29) is 5.91 Å². The zero-order chi connectivity index (χ0) is 14.8. The molecule has 1 N–H and O–H groups in total. The molecule has 2 aliphatic rings. The van der Waals surface area contributed by atoms with Crippen molar-refractivity contribution >= 4 is 40.4 Å². The SMILES string of the molecule is O=C(O)C1CSCN1C(=O)C1CSC(c2ccccc2)=N1. The first-order valence-corrected chi connectivity index (χ1v) is 8.68. The van der Waals surface area contributed by atoms with Gasteiger partial charge in [-0.05, 0) is 0 Å². The summed E-state index contributed by atoms with van der Waals surface area (Å²) in [4.78, 5) is 29.6. The Morgan fingerprint density at radius 2 is 2.00 bits per heavy atom. The normalized spacial score (nSPS) is 25.0. The monoisotopic (exact) mass is 322 g/mol. The van der Waals surface area contributed by atoms with Crippen LogP contribution in [0.15, 0.2) is 35.3 Å². The number of hydrogen-bond acceptors (Lipinski definition) is 5. The van der Waals surface area contributed by atoms with Gasteiger partial charge in [0.15, 0.2) is 0 Å². The minimum atomic E-state index is -0.939. The van der Waals surface area contributed by atoms with Crippen molar-refractivity contribution in [3.8, 4) is 0 Å². The number of carboxylic acid groups (broad SMARTS) is 1. The molecule has 1 aromatic carbocycles. The summed E-state index contributed by atoms with van der Waals surface area (Å²) in [5, 5.41) is 10.0. The molecule has 21 heavy (non-hydrogen) atoms. The lowest BCUT2D eigenvalue weighted by Crippen LogP contribution is -2.46. The predicted molar refractivity (Wildman–Crippen MR) is 84.8 cm³/mol. The Kier molecular flexibility index (Phi) is 4.21. The number of benzene rings is 1. The summed E-state index contributed by atoms with van der Waals surface area (Å²) in [6, 6.07) is 8.55. The predicted octanol–water partition coefficient (Wildman–Crippen LogP) is 1.53. The van der Waals surface area contributed by atoms with Gasteiger partial charge in [0.05, 0.1) is 10.9 Å². The third kappa shape index (κ3) is 2.94. The van der Waals surface area contributed by atoms with Crippen molar-refractivity contribution in [3.63, 3.8) is 0 Å². The summed E-state index contributed by atoms with van der Waals surface area (Å²) >= 11 is 3.02. The number of carbonyl (C=O) groups excluding carboxylic acids is 1. The lowest BCUT2D eigenvalue weighted by Gasteiger charge is -2.22. The number of rotatable bonds is 3. The Bertz CT molecular complexity index is 591. The van der Waals surface area contributed by atoms with Gasteiger partial charge >= 0.3 is 5.97 Å². The fourth-order valence-corrected chi connectivity index (χ4v) is 4.49. The van der Waals surface area contributed by atoms with E-state index in [0.717, 1.165) is 10.6 Å². The van der Waals surface area contributed by atoms with E-state index in [0.29, 0.717) is 17.4 Å². The molecule has 1 fully saturated rings. The smallest absolute Gasteiger partial charge is 0.327 e. The van der Waals surface area contributed by atoms with Gasteiger partial charge in [0, 0.05) is 17.1 Å². The van der Waals surface area contributed by atoms with Crippen LogP contribution in [0.2, 0.25) is 0 Å². The van der Waals surface area contributed by atoms with Gasteiger partial charge in [-0.1, -0.05) is 30.3 Å². The second-order valence-corrected chi connectivity index (χ2v) is 6.80. The molecule has 1 amide bonds. The van der Waals surface area contributed by atoms with Gasteiger partial charge in [-0.3, -0.25) is 9.79 Å². The minimum absolute atomic E-state index is 0.175. The Morgan fingerprint density at radius 3 is 2.71 bits per heavy atom. The number of thioether (sulfide) groups is 2. The molecule has 2 atom stereocenters. The second-order valence-electron chi connectivity index (χ2n) is 4.79. The Morgan fingerprint density at radius 1 is 1.24 bits per heavy atom. The Balaban J connectivity index is 1.75. The van der Waals surface area contributed by atoms with E-state index >= 15 is 0 Å². The molecule has 2 unspecified atom stereocenters. The van der Waals surface area contributed by atoms with E-state index in [1.54, 1.807) is 11.8 Å². The highest BCUT2D eigenvalue weighted by atomic mass is 32.2. The summed E-state index contributed by atoms with van der Waals surface area (Å²) in [5.74, 6) is 0.358. The van der Waals surface area contributed by atoms with Gasteiger partial charge in [0.25, 0.3) is 0 Å². The fraction of sp³-hybridized carbons (Fsp3) is 0.357. The minimum Gasteiger partial charge on any atom is -0.480 e. The molecule has 0 aliphatic carbocycles. The molecule has 2 heterocycles. The molecule has 3 rings (SSSR count). The van der Waals surface area contributed by atoms with E-state index in [9.17, 15) is 9.59 Å². The number of nitrogens with zero attached hydrogens (tertiary/aromatic N) is 2. The molecule has 5 nitrogen and oxygen atoms in total. The Hall–Kier alpha value is -1.47. The first kappa shape index (κ1) is 14.5. The average molecular weight is 322 g/mol. The summed E-state index contributed by atoms with van der Waals surface area (Å²) < 4.78 is 0. The summed E-state index contributed by atoms with van der Waals surface area (Å²) in [7, 11) is 0. The molecule has 110 valence electrons. The van der Waals surface area contributed by atoms with Crippen LogP contribution in [0.1, 0.15) is 5.56 Å². The first-order valence-electron chi connectivity index (χ1n) is 6.54. The quantitative estimate of drug-likeness (QED) is 0.914. The highest BCUT2D eigenvalue weighted by molar-refractivity contribution is 8.14. The molecule has 1 saturated heterocycles. The van der Waals surface area contributed by atoms with Crippen LogP contribution in [0.5, 0.6) is 0 Å². The van der Waals surface area contributed by atoms with Crippen molar-refractivity contribution < 1.29 is 14.7 Å². The third-order valence-electron chi connectivity index (χ3n) is 3.41. The molecule has 1 aromatic rings. The number of carbonyl (C=O) groups is 2. The summed E-state index contributed by atoms with van der Waals surface area (Å²) in [5.41, 5.74) is 1.00. The molecule has 7 heteroatoms. The second kappa shape index (κ2) is 6.11. The fourth-order valence-electron chi connectivity index (χ4n) is 2.29. The van der Waals surface area contributed by atoms with Gasteiger partial charge in [-0.25, -0.2) is 4.79 Å². The van der Waals surface area contributed by atoms with Crippen LogP contribution in [0, 0.1) is 0 Å². The maximum atomic E-state index is 12.5. The van der Waals surface area contributed by atoms with Gasteiger partial charge in [-0.2, -0.15) is 0 Å². The van der Waals surface area contributed by atoms with Crippen LogP contribution in [0.25, 0.3) is 0 Å². The van der Waals surface area contributed by atoms with Gasteiger partial charge < -0.3 is 10.0 Å². The lowest BCUT2D eigenvalue weighted by molar-refractivity contribution is -0.148. The van der Waals surface area contributed by atoms with E-state index in [1.165, 1.54) is 16.7 Å². The largest absolute Gasteiger partial charge is 0.480 e. The van der Waals surface area contributed by atoms with Crippen molar-refractivity contribution in [2.24, 2.45) is 4.99 Å². The van der Waals surface area contributed by atoms with Crippen molar-refractivity contribution in [1.82, 2.24) is 4.90 Å². The molecule has 0 radical (unpaired) electrons.